The van der Waals surface area contributed by atoms with Crippen molar-refractivity contribution in [3.63, 3.8) is 0 Å². The largest absolute Gasteiger partial charge is 0.298 e. The van der Waals surface area contributed by atoms with E-state index in [0.717, 1.165) is 25.9 Å². The molecule has 1 N–H and O–H groups in total. The zero-order valence-electron chi connectivity index (χ0n) is 12.8. The number of rotatable bonds is 4. The van der Waals surface area contributed by atoms with Crippen molar-refractivity contribution in [3.05, 3.63) is 29.8 Å². The highest BCUT2D eigenvalue weighted by atomic mass is 32.2. The predicted octanol–water partition coefficient (Wildman–Crippen LogP) is 1.18. The molecule has 4 atom stereocenters. The smallest absolute Gasteiger partial charge is 0.240 e. The Hall–Kier alpha value is -1.86. The Morgan fingerprint density at radius 1 is 1.43 bits per heavy atom. The van der Waals surface area contributed by atoms with Gasteiger partial charge in [0.2, 0.25) is 10.0 Å². The summed E-state index contributed by atoms with van der Waals surface area (Å²) in [6.45, 7) is 2.23. The second-order valence-electron chi connectivity index (χ2n) is 6.20. The highest BCUT2D eigenvalue weighted by Crippen LogP contribution is 2.35. The van der Waals surface area contributed by atoms with E-state index in [-0.39, 0.29) is 10.9 Å². The zero-order chi connectivity index (χ0) is 16.4. The fourth-order valence-electron chi connectivity index (χ4n) is 3.56. The molecule has 4 unspecified atom stereocenters. The minimum Gasteiger partial charge on any atom is -0.298 e. The topological polar surface area (TPSA) is 73.2 Å². The Morgan fingerprint density at radius 2 is 2.26 bits per heavy atom. The van der Waals surface area contributed by atoms with E-state index in [1.165, 1.54) is 12.1 Å². The molecule has 0 spiro atoms. The van der Waals surface area contributed by atoms with Gasteiger partial charge >= 0.3 is 0 Å². The second-order valence-corrected chi connectivity index (χ2v) is 7.96. The number of terminal acetylenes is 1. The van der Waals surface area contributed by atoms with Crippen molar-refractivity contribution in [2.24, 2.45) is 11.8 Å². The number of nitrogens with one attached hydrogen (secondary N) is 1. The quantitative estimate of drug-likeness (QED) is 0.842. The first-order valence-corrected chi connectivity index (χ1v) is 9.22. The highest BCUT2D eigenvalue weighted by molar-refractivity contribution is 7.89. The highest BCUT2D eigenvalue weighted by Gasteiger charge is 2.39. The molecule has 5 nitrogen and oxygen atoms in total. The van der Waals surface area contributed by atoms with Gasteiger partial charge in [0.25, 0.3) is 0 Å². The number of hydrogen-bond donors (Lipinski definition) is 1. The van der Waals surface area contributed by atoms with Gasteiger partial charge in [-0.1, -0.05) is 6.07 Å². The summed E-state index contributed by atoms with van der Waals surface area (Å²) in [7, 11) is -3.60. The molecular weight excluding hydrogens is 310 g/mol. The van der Waals surface area contributed by atoms with E-state index in [1.54, 1.807) is 12.1 Å². The molecule has 3 fully saturated rings. The SMILES string of the molecule is C#CC1CN2CCC1CC2CNS(=O)(=O)c1cccc(C#N)c1. The molecule has 0 amide bonds. The van der Waals surface area contributed by atoms with Crippen molar-refractivity contribution in [2.45, 2.75) is 23.8 Å². The maximum Gasteiger partial charge on any atom is 0.240 e. The van der Waals surface area contributed by atoms with E-state index in [0.29, 0.717) is 23.9 Å². The summed E-state index contributed by atoms with van der Waals surface area (Å²) >= 11 is 0. The molecule has 3 aliphatic heterocycles. The van der Waals surface area contributed by atoms with Crippen LogP contribution in [0.5, 0.6) is 0 Å². The number of sulfonamides is 1. The molecule has 0 aromatic heterocycles. The van der Waals surface area contributed by atoms with Crippen molar-refractivity contribution >= 4 is 10.0 Å². The molecule has 2 bridgehead atoms. The zero-order valence-corrected chi connectivity index (χ0v) is 13.6. The first-order chi connectivity index (χ1) is 11.0. The summed E-state index contributed by atoms with van der Waals surface area (Å²) in [4.78, 5) is 2.42. The molecule has 23 heavy (non-hydrogen) atoms. The van der Waals surface area contributed by atoms with E-state index in [2.05, 4.69) is 15.5 Å². The normalized spacial score (nSPS) is 29.7. The number of hydrogen-bond acceptors (Lipinski definition) is 4. The summed E-state index contributed by atoms with van der Waals surface area (Å²) in [6.07, 6.45) is 7.61. The second kappa shape index (κ2) is 6.33. The molecule has 3 aliphatic rings. The number of piperidine rings is 3. The first-order valence-electron chi connectivity index (χ1n) is 7.73. The van der Waals surface area contributed by atoms with Crippen LogP contribution in [0.2, 0.25) is 0 Å². The van der Waals surface area contributed by atoms with Crippen LogP contribution in [-0.2, 0) is 10.0 Å². The van der Waals surface area contributed by atoms with Gasteiger partial charge < -0.3 is 0 Å². The molecule has 120 valence electrons. The van der Waals surface area contributed by atoms with Crippen molar-refractivity contribution in [1.29, 1.82) is 5.26 Å². The third-order valence-corrected chi connectivity index (χ3v) is 6.30. The molecule has 0 saturated carbocycles. The van der Waals surface area contributed by atoms with Crippen LogP contribution in [0.1, 0.15) is 18.4 Å². The Kier molecular flexibility index (Phi) is 4.41. The van der Waals surface area contributed by atoms with Gasteiger partial charge in [-0.05, 0) is 43.5 Å². The Balaban J connectivity index is 1.67. The molecule has 1 aromatic carbocycles. The van der Waals surface area contributed by atoms with Crippen LogP contribution >= 0.6 is 0 Å². The molecule has 3 heterocycles. The summed E-state index contributed by atoms with van der Waals surface area (Å²) in [5.74, 6) is 3.65. The van der Waals surface area contributed by atoms with Crippen molar-refractivity contribution in [1.82, 2.24) is 9.62 Å². The van der Waals surface area contributed by atoms with Crippen LogP contribution in [0.25, 0.3) is 0 Å². The molecule has 0 radical (unpaired) electrons. The molecule has 1 aromatic rings. The fourth-order valence-corrected chi connectivity index (χ4v) is 4.68. The van der Waals surface area contributed by atoms with Crippen LogP contribution in [-0.4, -0.2) is 39.0 Å². The van der Waals surface area contributed by atoms with E-state index in [9.17, 15) is 8.42 Å². The maximum atomic E-state index is 12.4. The van der Waals surface area contributed by atoms with Gasteiger partial charge in [0.05, 0.1) is 16.5 Å². The average Bonchev–Trinajstić information content (AvgIpc) is 2.60. The van der Waals surface area contributed by atoms with Crippen LogP contribution in [0.15, 0.2) is 29.2 Å². The maximum absolute atomic E-state index is 12.4. The van der Waals surface area contributed by atoms with Crippen molar-refractivity contribution in [2.75, 3.05) is 19.6 Å². The molecule has 0 aliphatic carbocycles. The third kappa shape index (κ3) is 3.25. The van der Waals surface area contributed by atoms with Crippen LogP contribution < -0.4 is 4.72 Å². The summed E-state index contributed by atoms with van der Waals surface area (Å²) in [6, 6.07) is 8.23. The Labute approximate surface area is 137 Å². The van der Waals surface area contributed by atoms with Gasteiger partial charge in [0.1, 0.15) is 0 Å². The van der Waals surface area contributed by atoms with Gasteiger partial charge in [-0.15, -0.1) is 12.3 Å². The Morgan fingerprint density at radius 3 is 2.91 bits per heavy atom. The van der Waals surface area contributed by atoms with E-state index in [1.807, 2.05) is 6.07 Å². The number of benzene rings is 1. The van der Waals surface area contributed by atoms with E-state index >= 15 is 0 Å². The van der Waals surface area contributed by atoms with Gasteiger partial charge in [0, 0.05) is 25.0 Å². The van der Waals surface area contributed by atoms with E-state index in [4.69, 9.17) is 11.7 Å². The van der Waals surface area contributed by atoms with Gasteiger partial charge in [-0.2, -0.15) is 5.26 Å². The first kappa shape index (κ1) is 16.0. The average molecular weight is 329 g/mol. The minimum atomic E-state index is -3.60. The van der Waals surface area contributed by atoms with Gasteiger partial charge in [-0.3, -0.25) is 4.90 Å². The van der Waals surface area contributed by atoms with E-state index < -0.39 is 10.0 Å². The minimum absolute atomic E-state index is 0.133. The number of nitriles is 1. The lowest BCUT2D eigenvalue weighted by Gasteiger charge is -2.48. The predicted molar refractivity (Wildman–Crippen MR) is 86.8 cm³/mol. The lowest BCUT2D eigenvalue weighted by atomic mass is 9.76. The summed E-state index contributed by atoms with van der Waals surface area (Å²) < 4.78 is 27.5. The number of nitrogens with zero attached hydrogens (tertiary/aromatic N) is 2. The van der Waals surface area contributed by atoms with Gasteiger partial charge in [-0.25, -0.2) is 13.1 Å². The summed E-state index contributed by atoms with van der Waals surface area (Å²) in [5, 5.41) is 8.89. The van der Waals surface area contributed by atoms with Crippen LogP contribution in [0.3, 0.4) is 0 Å². The Bertz CT molecular complexity index is 776. The van der Waals surface area contributed by atoms with Crippen molar-refractivity contribution < 1.29 is 8.42 Å². The number of fused-ring (bicyclic) bond motifs is 3. The molecule has 6 heteroatoms. The standard InChI is InChI=1S/C17H19N3O2S/c1-2-14-12-20-7-6-15(14)9-16(20)11-19-23(21,22)17-5-3-4-13(8-17)10-18/h1,3-5,8,14-16,19H,6-7,9,11-12H2. The fraction of sp³-hybridized carbons (Fsp3) is 0.471. The van der Waals surface area contributed by atoms with Gasteiger partial charge in [0.15, 0.2) is 0 Å². The monoisotopic (exact) mass is 329 g/mol. The van der Waals surface area contributed by atoms with Crippen molar-refractivity contribution in [3.8, 4) is 18.4 Å². The lowest BCUT2D eigenvalue weighted by molar-refractivity contribution is 0.0251. The molecule has 4 rings (SSSR count). The lowest BCUT2D eigenvalue weighted by Crippen LogP contribution is -2.56. The molecular formula is C17H19N3O2S. The van der Waals surface area contributed by atoms with Crippen LogP contribution in [0, 0.1) is 35.5 Å². The van der Waals surface area contributed by atoms with Crippen LogP contribution in [0.4, 0.5) is 0 Å². The summed E-state index contributed by atoms with van der Waals surface area (Å²) in [5.41, 5.74) is 0.338. The third-order valence-electron chi connectivity index (χ3n) is 4.88. The molecule has 3 saturated heterocycles.